The number of hydrogen-bond donors (Lipinski definition) is 2. The maximum absolute atomic E-state index is 11.1. The van der Waals surface area contributed by atoms with Gasteiger partial charge in [-0.3, -0.25) is 9.69 Å². The van der Waals surface area contributed by atoms with Gasteiger partial charge in [0.15, 0.2) is 0 Å². The lowest BCUT2D eigenvalue weighted by molar-refractivity contribution is 0.220. The van der Waals surface area contributed by atoms with Crippen molar-refractivity contribution in [2.45, 2.75) is 32.2 Å². The second-order valence-corrected chi connectivity index (χ2v) is 6.39. The maximum atomic E-state index is 11.1. The van der Waals surface area contributed by atoms with Crippen LogP contribution in [0, 0.1) is 0 Å². The number of nitrogens with one attached hydrogen (secondary N) is 2. The molecule has 1 aromatic carbocycles. The van der Waals surface area contributed by atoms with Crippen molar-refractivity contribution in [3.8, 4) is 5.75 Å². The Balaban J connectivity index is 1.39. The highest BCUT2D eigenvalue weighted by atomic mass is 16.5. The Morgan fingerprint density at radius 2 is 2.08 bits per heavy atom. The standard InChI is InChI=1S/C19H26N4O2/c24-18-8-10-21-19(22-18)20-9-5-13-25-17-7-4-6-16(14-17)15-23-11-2-1-3-12-23/h4,6-8,10,14H,1-3,5,9,11-13,15H2,(H2,20,21,22,24). The fourth-order valence-electron chi connectivity index (χ4n) is 3.04. The van der Waals surface area contributed by atoms with Crippen LogP contribution in [0.1, 0.15) is 31.2 Å². The largest absolute Gasteiger partial charge is 0.494 e. The molecule has 3 rings (SSSR count). The SMILES string of the molecule is O=c1cc[nH]c(NCCCOc2cccc(CN3CCCCC3)c2)n1. The van der Waals surface area contributed by atoms with E-state index in [9.17, 15) is 4.79 Å². The molecule has 0 amide bonds. The number of benzene rings is 1. The van der Waals surface area contributed by atoms with E-state index >= 15 is 0 Å². The van der Waals surface area contributed by atoms with Gasteiger partial charge in [0.05, 0.1) is 6.61 Å². The van der Waals surface area contributed by atoms with Gasteiger partial charge in [-0.1, -0.05) is 18.6 Å². The molecule has 0 saturated carbocycles. The van der Waals surface area contributed by atoms with Gasteiger partial charge in [0.2, 0.25) is 5.95 Å². The minimum absolute atomic E-state index is 0.247. The highest BCUT2D eigenvalue weighted by Crippen LogP contribution is 2.17. The minimum atomic E-state index is -0.247. The van der Waals surface area contributed by atoms with Gasteiger partial charge < -0.3 is 15.0 Å². The van der Waals surface area contributed by atoms with Crippen LogP contribution in [-0.2, 0) is 6.54 Å². The summed E-state index contributed by atoms with van der Waals surface area (Å²) in [6, 6.07) is 9.76. The predicted molar refractivity (Wildman–Crippen MR) is 99.0 cm³/mol. The summed E-state index contributed by atoms with van der Waals surface area (Å²) in [6.07, 6.45) is 6.40. The lowest BCUT2D eigenvalue weighted by Crippen LogP contribution is -2.29. The molecule has 1 aliphatic heterocycles. The number of piperidine rings is 1. The fourth-order valence-corrected chi connectivity index (χ4v) is 3.04. The summed E-state index contributed by atoms with van der Waals surface area (Å²) in [6.45, 7) is 4.72. The lowest BCUT2D eigenvalue weighted by atomic mass is 10.1. The molecule has 6 nitrogen and oxygen atoms in total. The topological polar surface area (TPSA) is 70.2 Å². The van der Waals surface area contributed by atoms with Crippen molar-refractivity contribution in [3.63, 3.8) is 0 Å². The molecule has 6 heteroatoms. The number of ether oxygens (including phenoxy) is 1. The average Bonchev–Trinajstić information content (AvgIpc) is 2.63. The smallest absolute Gasteiger partial charge is 0.274 e. The molecule has 2 heterocycles. The van der Waals surface area contributed by atoms with E-state index in [4.69, 9.17) is 4.74 Å². The maximum Gasteiger partial charge on any atom is 0.274 e. The van der Waals surface area contributed by atoms with Gasteiger partial charge in [0, 0.05) is 25.4 Å². The first-order valence-electron chi connectivity index (χ1n) is 9.03. The quantitative estimate of drug-likeness (QED) is 0.722. The summed E-state index contributed by atoms with van der Waals surface area (Å²) < 4.78 is 5.85. The Hall–Kier alpha value is -2.34. The van der Waals surface area contributed by atoms with Crippen LogP contribution in [0.15, 0.2) is 41.3 Å². The van der Waals surface area contributed by atoms with Crippen molar-refractivity contribution < 1.29 is 4.74 Å². The molecule has 0 spiro atoms. The number of rotatable bonds is 8. The number of H-pyrrole nitrogens is 1. The summed E-state index contributed by atoms with van der Waals surface area (Å²) in [5.74, 6) is 1.41. The molecule has 0 radical (unpaired) electrons. The van der Waals surface area contributed by atoms with Crippen LogP contribution in [-0.4, -0.2) is 41.1 Å². The normalized spacial score (nSPS) is 15.0. The summed E-state index contributed by atoms with van der Waals surface area (Å²) in [4.78, 5) is 20.4. The van der Waals surface area contributed by atoms with Gasteiger partial charge in [-0.2, -0.15) is 4.98 Å². The van der Waals surface area contributed by atoms with E-state index in [1.54, 1.807) is 6.20 Å². The van der Waals surface area contributed by atoms with Gasteiger partial charge in [-0.05, 0) is 50.0 Å². The molecular weight excluding hydrogens is 316 g/mol. The zero-order valence-electron chi connectivity index (χ0n) is 14.5. The number of likely N-dealkylation sites (tertiary alicyclic amines) is 1. The molecule has 1 fully saturated rings. The van der Waals surface area contributed by atoms with Crippen LogP contribution in [0.3, 0.4) is 0 Å². The predicted octanol–water partition coefficient (Wildman–Crippen LogP) is 2.64. The molecule has 0 unspecified atom stereocenters. The zero-order chi connectivity index (χ0) is 17.3. The van der Waals surface area contributed by atoms with E-state index in [0.29, 0.717) is 19.1 Å². The van der Waals surface area contributed by atoms with Crippen molar-refractivity contribution in [2.24, 2.45) is 0 Å². The Labute approximate surface area is 148 Å². The minimum Gasteiger partial charge on any atom is -0.494 e. The van der Waals surface area contributed by atoms with Gasteiger partial charge >= 0.3 is 0 Å². The third kappa shape index (κ3) is 5.90. The highest BCUT2D eigenvalue weighted by molar-refractivity contribution is 5.28. The van der Waals surface area contributed by atoms with Gasteiger partial charge in [-0.15, -0.1) is 0 Å². The van der Waals surface area contributed by atoms with Crippen LogP contribution in [0.25, 0.3) is 0 Å². The number of aromatic amines is 1. The van der Waals surface area contributed by atoms with E-state index in [-0.39, 0.29) is 5.56 Å². The van der Waals surface area contributed by atoms with Crippen molar-refractivity contribution in [3.05, 3.63) is 52.4 Å². The molecule has 1 saturated heterocycles. The molecule has 2 aromatic rings. The number of nitrogens with zero attached hydrogens (tertiary/aromatic N) is 2. The summed E-state index contributed by atoms with van der Waals surface area (Å²) in [7, 11) is 0. The Morgan fingerprint density at radius 3 is 2.92 bits per heavy atom. The molecule has 0 bridgehead atoms. The first-order valence-corrected chi connectivity index (χ1v) is 9.03. The third-order valence-corrected chi connectivity index (χ3v) is 4.30. The first-order chi connectivity index (χ1) is 12.3. The van der Waals surface area contributed by atoms with Crippen molar-refractivity contribution in [2.75, 3.05) is 31.6 Å². The van der Waals surface area contributed by atoms with E-state index in [1.165, 1.54) is 44.0 Å². The molecule has 0 aliphatic carbocycles. The van der Waals surface area contributed by atoms with Crippen LogP contribution >= 0.6 is 0 Å². The average molecular weight is 342 g/mol. The van der Waals surface area contributed by atoms with Crippen molar-refractivity contribution in [1.29, 1.82) is 0 Å². The van der Waals surface area contributed by atoms with Gasteiger partial charge in [0.25, 0.3) is 5.56 Å². The summed E-state index contributed by atoms with van der Waals surface area (Å²) in [5.41, 5.74) is 1.06. The number of anilines is 1. The van der Waals surface area contributed by atoms with Crippen LogP contribution in [0.5, 0.6) is 5.75 Å². The molecule has 25 heavy (non-hydrogen) atoms. The second kappa shape index (κ2) is 9.22. The number of hydrogen-bond acceptors (Lipinski definition) is 5. The van der Waals surface area contributed by atoms with Gasteiger partial charge in [0.1, 0.15) is 5.75 Å². The Bertz CT molecular complexity index is 710. The molecule has 0 atom stereocenters. The van der Waals surface area contributed by atoms with Crippen molar-refractivity contribution >= 4 is 5.95 Å². The van der Waals surface area contributed by atoms with Crippen LogP contribution in [0.4, 0.5) is 5.95 Å². The first kappa shape index (κ1) is 17.5. The van der Waals surface area contributed by atoms with Crippen LogP contribution < -0.4 is 15.6 Å². The van der Waals surface area contributed by atoms with E-state index < -0.39 is 0 Å². The molecule has 2 N–H and O–H groups in total. The van der Waals surface area contributed by atoms with E-state index in [2.05, 4.69) is 38.4 Å². The van der Waals surface area contributed by atoms with Crippen molar-refractivity contribution in [1.82, 2.24) is 14.9 Å². The Kier molecular flexibility index (Phi) is 6.45. The zero-order valence-corrected chi connectivity index (χ0v) is 14.5. The monoisotopic (exact) mass is 342 g/mol. The van der Waals surface area contributed by atoms with E-state index in [1.807, 2.05) is 6.07 Å². The van der Waals surface area contributed by atoms with E-state index in [0.717, 1.165) is 18.7 Å². The molecule has 1 aromatic heterocycles. The summed E-state index contributed by atoms with van der Waals surface area (Å²) >= 11 is 0. The Morgan fingerprint density at radius 1 is 1.20 bits per heavy atom. The number of aromatic nitrogens is 2. The fraction of sp³-hybridized carbons (Fsp3) is 0.474. The van der Waals surface area contributed by atoms with Crippen LogP contribution in [0.2, 0.25) is 0 Å². The third-order valence-electron chi connectivity index (χ3n) is 4.30. The molecule has 134 valence electrons. The van der Waals surface area contributed by atoms with Gasteiger partial charge in [-0.25, -0.2) is 0 Å². The second-order valence-electron chi connectivity index (χ2n) is 6.39. The lowest BCUT2D eigenvalue weighted by Gasteiger charge is -2.26. The molecule has 1 aliphatic rings. The summed E-state index contributed by atoms with van der Waals surface area (Å²) in [5, 5.41) is 3.08. The molecular formula is C19H26N4O2. The highest BCUT2D eigenvalue weighted by Gasteiger charge is 2.10.